The van der Waals surface area contributed by atoms with Crippen molar-refractivity contribution in [2.24, 2.45) is 11.8 Å². The van der Waals surface area contributed by atoms with Crippen molar-refractivity contribution in [1.29, 1.82) is 0 Å². The van der Waals surface area contributed by atoms with E-state index in [2.05, 4.69) is 42.5 Å². The fraction of sp³-hybridized carbons (Fsp3) is 0.586. The number of para-hydroxylation sites is 1. The van der Waals surface area contributed by atoms with Gasteiger partial charge in [-0.05, 0) is 89.2 Å². The number of fused-ring (bicyclic) bond motifs is 1. The van der Waals surface area contributed by atoms with Gasteiger partial charge in [-0.3, -0.25) is 0 Å². The van der Waals surface area contributed by atoms with E-state index in [4.69, 9.17) is 16.6 Å². The Hall–Kier alpha value is -2.19. The molecule has 8 heteroatoms. The molecule has 0 amide bonds. The van der Waals surface area contributed by atoms with Crippen LogP contribution in [-0.4, -0.2) is 83.2 Å². The molecule has 1 aromatic carbocycles. The zero-order valence-corrected chi connectivity index (χ0v) is 22.5. The van der Waals surface area contributed by atoms with Gasteiger partial charge in [0.15, 0.2) is 0 Å². The normalized spacial score (nSPS) is 22.7. The van der Waals surface area contributed by atoms with Gasteiger partial charge in [-0.15, -0.1) is 0 Å². The first kappa shape index (κ1) is 25.1. The van der Waals surface area contributed by atoms with Crippen LogP contribution < -0.4 is 10.6 Å². The summed E-state index contributed by atoms with van der Waals surface area (Å²) < 4.78 is 0. The van der Waals surface area contributed by atoms with Gasteiger partial charge in [0.05, 0.1) is 16.9 Å². The minimum absolute atomic E-state index is 0.377. The van der Waals surface area contributed by atoms with Crippen LogP contribution in [-0.2, 0) is 0 Å². The molecule has 0 saturated carbocycles. The van der Waals surface area contributed by atoms with E-state index in [1.54, 1.807) is 6.20 Å². The molecule has 1 atom stereocenters. The number of nitrogens with zero attached hydrogens (tertiary/aromatic N) is 4. The second-order valence-corrected chi connectivity index (χ2v) is 11.7. The van der Waals surface area contributed by atoms with Crippen molar-refractivity contribution >= 4 is 28.5 Å². The number of hydrogen-bond donors (Lipinski definition) is 3. The minimum Gasteiger partial charge on any atom is -0.360 e. The van der Waals surface area contributed by atoms with Crippen LogP contribution in [0.25, 0.3) is 22.2 Å². The highest BCUT2D eigenvalue weighted by Gasteiger charge is 2.28. The van der Waals surface area contributed by atoms with Gasteiger partial charge in [-0.2, -0.15) is 0 Å². The lowest BCUT2D eigenvalue weighted by Crippen LogP contribution is -2.40. The molecule has 3 aromatic rings. The van der Waals surface area contributed by atoms with Gasteiger partial charge in [-0.1, -0.05) is 29.8 Å². The monoisotopic (exact) mass is 521 g/mol. The summed E-state index contributed by atoms with van der Waals surface area (Å²) in [5.74, 6) is 2.43. The SMILES string of the molecule is Clc1cnc(N[C@@H]2CCN(CC3CCN(CCC4CCNCC4)CC3)C2)nc1-c1c[nH]c2ccccc12. The number of piperidine rings is 2. The van der Waals surface area contributed by atoms with Crippen molar-refractivity contribution in [3.63, 3.8) is 0 Å². The molecule has 0 aliphatic carbocycles. The average molecular weight is 522 g/mol. The second-order valence-electron chi connectivity index (χ2n) is 11.3. The van der Waals surface area contributed by atoms with E-state index >= 15 is 0 Å². The van der Waals surface area contributed by atoms with Crippen molar-refractivity contribution in [2.75, 3.05) is 57.7 Å². The molecule has 6 rings (SSSR count). The van der Waals surface area contributed by atoms with E-state index in [1.807, 2.05) is 18.3 Å². The molecule has 2 aromatic heterocycles. The summed E-state index contributed by atoms with van der Waals surface area (Å²) in [6.45, 7) is 9.72. The maximum absolute atomic E-state index is 6.52. The van der Waals surface area contributed by atoms with Gasteiger partial charge in [0.1, 0.15) is 0 Å². The number of rotatable bonds is 8. The first-order chi connectivity index (χ1) is 18.2. The first-order valence-corrected chi connectivity index (χ1v) is 14.6. The topological polar surface area (TPSA) is 72.1 Å². The van der Waals surface area contributed by atoms with Crippen molar-refractivity contribution in [1.82, 2.24) is 30.1 Å². The van der Waals surface area contributed by atoms with Crippen molar-refractivity contribution in [3.05, 3.63) is 41.7 Å². The van der Waals surface area contributed by atoms with E-state index < -0.39 is 0 Å². The third-order valence-corrected chi connectivity index (χ3v) is 9.01. The molecule has 0 radical (unpaired) electrons. The molecule has 0 spiro atoms. The second kappa shape index (κ2) is 11.7. The number of nitrogens with one attached hydrogen (secondary N) is 3. The molecular weight excluding hydrogens is 482 g/mol. The molecule has 0 unspecified atom stereocenters. The molecular formula is C29H40ClN7. The number of aromatic amines is 1. The number of halogens is 1. The Labute approximate surface area is 225 Å². The number of aromatic nitrogens is 3. The van der Waals surface area contributed by atoms with Crippen LogP contribution in [0.4, 0.5) is 5.95 Å². The number of anilines is 1. The Morgan fingerprint density at radius 1 is 0.973 bits per heavy atom. The van der Waals surface area contributed by atoms with E-state index in [0.717, 1.165) is 53.5 Å². The summed E-state index contributed by atoms with van der Waals surface area (Å²) in [7, 11) is 0. The van der Waals surface area contributed by atoms with Crippen LogP contribution in [0, 0.1) is 11.8 Å². The molecule has 3 fully saturated rings. The number of benzene rings is 1. The standard InChI is InChI=1S/C29H40ClN7/c30-26-18-33-29(35-28(26)25-17-32-27-4-2-1-3-24(25)27)34-23-10-16-37(20-23)19-22-8-14-36(15-9-22)13-7-21-5-11-31-12-6-21/h1-4,17-18,21-23,31-32H,5-16,19-20H2,(H,33,34,35)/t23-/m1/s1. The van der Waals surface area contributed by atoms with E-state index in [0.29, 0.717) is 17.0 Å². The highest BCUT2D eigenvalue weighted by molar-refractivity contribution is 6.33. The quantitative estimate of drug-likeness (QED) is 0.393. The zero-order valence-electron chi connectivity index (χ0n) is 21.8. The fourth-order valence-corrected chi connectivity index (χ4v) is 6.68. The number of likely N-dealkylation sites (tertiary alicyclic amines) is 2. The molecule has 198 valence electrons. The predicted octanol–water partition coefficient (Wildman–Crippen LogP) is 4.87. The van der Waals surface area contributed by atoms with Gasteiger partial charge in [0.25, 0.3) is 0 Å². The summed E-state index contributed by atoms with van der Waals surface area (Å²) in [6.07, 6.45) is 11.6. The van der Waals surface area contributed by atoms with E-state index in [9.17, 15) is 0 Å². The zero-order chi connectivity index (χ0) is 25.0. The Balaban J connectivity index is 0.979. The summed E-state index contributed by atoms with van der Waals surface area (Å²) >= 11 is 6.52. The van der Waals surface area contributed by atoms with E-state index in [1.165, 1.54) is 71.4 Å². The van der Waals surface area contributed by atoms with Gasteiger partial charge >= 0.3 is 0 Å². The Bertz CT molecular complexity index is 1170. The molecule has 3 N–H and O–H groups in total. The van der Waals surface area contributed by atoms with Crippen LogP contribution in [0.5, 0.6) is 0 Å². The largest absolute Gasteiger partial charge is 0.360 e. The highest BCUT2D eigenvalue weighted by atomic mass is 35.5. The number of H-pyrrole nitrogens is 1. The molecule has 3 saturated heterocycles. The molecule has 37 heavy (non-hydrogen) atoms. The summed E-state index contributed by atoms with van der Waals surface area (Å²) in [5, 5.41) is 8.78. The number of hydrogen-bond acceptors (Lipinski definition) is 6. The molecule has 5 heterocycles. The molecule has 7 nitrogen and oxygen atoms in total. The maximum atomic E-state index is 6.52. The van der Waals surface area contributed by atoms with Gasteiger partial charge in [0.2, 0.25) is 5.95 Å². The maximum Gasteiger partial charge on any atom is 0.223 e. The lowest BCUT2D eigenvalue weighted by molar-refractivity contribution is 0.144. The summed E-state index contributed by atoms with van der Waals surface area (Å²) in [5.41, 5.74) is 2.88. The molecule has 3 aliphatic heterocycles. The molecule has 0 bridgehead atoms. The smallest absolute Gasteiger partial charge is 0.223 e. The predicted molar refractivity (Wildman–Crippen MR) is 152 cm³/mol. The van der Waals surface area contributed by atoms with Gasteiger partial charge in [-0.25, -0.2) is 9.97 Å². The third kappa shape index (κ3) is 6.11. The fourth-order valence-electron chi connectivity index (χ4n) is 6.49. The molecule has 3 aliphatic rings. The van der Waals surface area contributed by atoms with Crippen LogP contribution >= 0.6 is 11.6 Å². The van der Waals surface area contributed by atoms with Crippen LogP contribution in [0.15, 0.2) is 36.7 Å². The van der Waals surface area contributed by atoms with Crippen molar-refractivity contribution < 1.29 is 0 Å². The lowest BCUT2D eigenvalue weighted by atomic mass is 9.92. The van der Waals surface area contributed by atoms with Crippen LogP contribution in [0.2, 0.25) is 5.02 Å². The highest BCUT2D eigenvalue weighted by Crippen LogP contribution is 2.32. The third-order valence-electron chi connectivity index (χ3n) is 8.73. The van der Waals surface area contributed by atoms with Crippen molar-refractivity contribution in [3.8, 4) is 11.3 Å². The summed E-state index contributed by atoms with van der Waals surface area (Å²) in [4.78, 5) is 18.0. The van der Waals surface area contributed by atoms with Gasteiger partial charge < -0.3 is 25.4 Å². The average Bonchev–Trinajstić information content (AvgIpc) is 3.57. The minimum atomic E-state index is 0.377. The van der Waals surface area contributed by atoms with Gasteiger partial charge in [0, 0.05) is 48.3 Å². The van der Waals surface area contributed by atoms with E-state index in [-0.39, 0.29) is 0 Å². The first-order valence-electron chi connectivity index (χ1n) is 14.2. The Morgan fingerprint density at radius 2 is 1.78 bits per heavy atom. The Morgan fingerprint density at radius 3 is 2.65 bits per heavy atom. The van der Waals surface area contributed by atoms with Crippen LogP contribution in [0.3, 0.4) is 0 Å². The van der Waals surface area contributed by atoms with Crippen LogP contribution in [0.1, 0.15) is 38.5 Å². The summed E-state index contributed by atoms with van der Waals surface area (Å²) in [6, 6.07) is 8.62. The van der Waals surface area contributed by atoms with Crippen molar-refractivity contribution in [2.45, 2.75) is 44.6 Å². The Kier molecular flexibility index (Phi) is 7.93. The lowest BCUT2D eigenvalue weighted by Gasteiger charge is -2.35.